The second-order valence-corrected chi connectivity index (χ2v) is 5.52. The summed E-state index contributed by atoms with van der Waals surface area (Å²) >= 11 is 0. The van der Waals surface area contributed by atoms with Crippen LogP contribution in [0.15, 0.2) is 29.2 Å². The summed E-state index contributed by atoms with van der Waals surface area (Å²) in [5.41, 5.74) is 1.11. The summed E-state index contributed by atoms with van der Waals surface area (Å²) in [6.45, 7) is 4.12. The fourth-order valence-electron chi connectivity index (χ4n) is 1.25. The molecule has 0 atom stereocenters. The van der Waals surface area contributed by atoms with Crippen LogP contribution < -0.4 is 4.72 Å². The third-order valence-electron chi connectivity index (χ3n) is 2.22. The van der Waals surface area contributed by atoms with Gasteiger partial charge in [-0.1, -0.05) is 31.9 Å². The largest absolute Gasteiger partial charge is 0.241 e. The van der Waals surface area contributed by atoms with E-state index in [0.29, 0.717) is 5.92 Å². The summed E-state index contributed by atoms with van der Waals surface area (Å²) in [5.74, 6) is 2.62. The molecule has 0 unspecified atom stereocenters. The van der Waals surface area contributed by atoms with E-state index in [1.165, 1.54) is 0 Å². The zero-order valence-corrected chi connectivity index (χ0v) is 10.2. The van der Waals surface area contributed by atoms with E-state index in [1.54, 1.807) is 12.1 Å². The van der Waals surface area contributed by atoms with Crippen LogP contribution in [0.1, 0.15) is 25.3 Å². The smallest absolute Gasteiger partial charge is 0.207 e. The molecular weight excluding hydrogens is 222 g/mol. The molecule has 0 amide bonds. The fourth-order valence-corrected chi connectivity index (χ4v) is 2.19. The maximum Gasteiger partial charge on any atom is 0.241 e. The van der Waals surface area contributed by atoms with Gasteiger partial charge in [-0.3, -0.25) is 0 Å². The van der Waals surface area contributed by atoms with E-state index < -0.39 is 10.0 Å². The highest BCUT2D eigenvalue weighted by Gasteiger charge is 2.12. The van der Waals surface area contributed by atoms with Crippen molar-refractivity contribution in [2.75, 3.05) is 6.54 Å². The van der Waals surface area contributed by atoms with Gasteiger partial charge in [-0.25, -0.2) is 8.42 Å². The summed E-state index contributed by atoms with van der Waals surface area (Å²) in [5, 5.41) is 0. The molecule has 1 aromatic rings. The fraction of sp³-hybridized carbons (Fsp3) is 0.333. The maximum atomic E-state index is 11.7. The van der Waals surface area contributed by atoms with Crippen molar-refractivity contribution in [3.8, 4) is 12.3 Å². The Kier molecular flexibility index (Phi) is 4.11. The molecule has 0 saturated heterocycles. The first kappa shape index (κ1) is 12.8. The second-order valence-electron chi connectivity index (χ2n) is 3.75. The number of nitrogens with one attached hydrogen (secondary N) is 1. The Labute approximate surface area is 96.9 Å². The van der Waals surface area contributed by atoms with Crippen molar-refractivity contribution in [2.45, 2.75) is 24.7 Å². The zero-order chi connectivity index (χ0) is 12.2. The van der Waals surface area contributed by atoms with Crippen LogP contribution in [0, 0.1) is 12.3 Å². The third kappa shape index (κ3) is 3.09. The van der Waals surface area contributed by atoms with E-state index in [4.69, 9.17) is 6.42 Å². The molecule has 0 heterocycles. The number of terminal acetylenes is 1. The first-order chi connectivity index (χ1) is 7.47. The molecule has 0 bridgehead atoms. The zero-order valence-electron chi connectivity index (χ0n) is 9.40. The van der Waals surface area contributed by atoms with Gasteiger partial charge >= 0.3 is 0 Å². The van der Waals surface area contributed by atoms with Gasteiger partial charge in [-0.05, 0) is 23.6 Å². The van der Waals surface area contributed by atoms with Gasteiger partial charge in [0.1, 0.15) is 0 Å². The lowest BCUT2D eigenvalue weighted by Gasteiger charge is -2.07. The first-order valence-corrected chi connectivity index (χ1v) is 6.49. The Morgan fingerprint density at radius 2 is 1.88 bits per heavy atom. The normalized spacial score (nSPS) is 11.4. The third-order valence-corrected chi connectivity index (χ3v) is 3.64. The molecule has 0 saturated carbocycles. The molecule has 4 heteroatoms. The lowest BCUT2D eigenvalue weighted by Crippen LogP contribution is -2.23. The number of hydrogen-bond donors (Lipinski definition) is 1. The molecule has 3 nitrogen and oxygen atoms in total. The predicted molar refractivity (Wildman–Crippen MR) is 64.6 cm³/mol. The van der Waals surface area contributed by atoms with E-state index in [-0.39, 0.29) is 11.4 Å². The lowest BCUT2D eigenvalue weighted by atomic mass is 10.0. The maximum absolute atomic E-state index is 11.7. The van der Waals surface area contributed by atoms with Crippen LogP contribution >= 0.6 is 0 Å². The van der Waals surface area contributed by atoms with Gasteiger partial charge in [0.2, 0.25) is 10.0 Å². The van der Waals surface area contributed by atoms with Crippen LogP contribution in [0.25, 0.3) is 0 Å². The molecule has 16 heavy (non-hydrogen) atoms. The Bertz CT molecular complexity index is 481. The molecule has 0 aliphatic heterocycles. The van der Waals surface area contributed by atoms with Crippen molar-refractivity contribution in [1.29, 1.82) is 0 Å². The van der Waals surface area contributed by atoms with Crippen molar-refractivity contribution in [1.82, 2.24) is 4.72 Å². The van der Waals surface area contributed by atoms with Crippen molar-refractivity contribution >= 4 is 10.0 Å². The summed E-state index contributed by atoms with van der Waals surface area (Å²) in [4.78, 5) is 0.243. The molecule has 0 fully saturated rings. The minimum atomic E-state index is -3.46. The van der Waals surface area contributed by atoms with E-state index in [1.807, 2.05) is 12.1 Å². The predicted octanol–water partition coefficient (Wildman–Crippen LogP) is 1.72. The van der Waals surface area contributed by atoms with Crippen LogP contribution in [0.3, 0.4) is 0 Å². The Balaban J connectivity index is 2.94. The van der Waals surface area contributed by atoms with Crippen LogP contribution in [-0.4, -0.2) is 15.0 Å². The van der Waals surface area contributed by atoms with Gasteiger partial charge in [0.25, 0.3) is 0 Å². The Morgan fingerprint density at radius 3 is 2.31 bits per heavy atom. The molecule has 0 radical (unpaired) electrons. The van der Waals surface area contributed by atoms with Gasteiger partial charge in [-0.2, -0.15) is 4.72 Å². The van der Waals surface area contributed by atoms with E-state index >= 15 is 0 Å². The second kappa shape index (κ2) is 5.15. The van der Waals surface area contributed by atoms with E-state index in [9.17, 15) is 8.42 Å². The van der Waals surface area contributed by atoms with Gasteiger partial charge in [0.15, 0.2) is 0 Å². The summed E-state index contributed by atoms with van der Waals surface area (Å²) in [6, 6.07) is 6.81. The number of hydrogen-bond acceptors (Lipinski definition) is 2. The molecule has 1 rings (SSSR count). The highest BCUT2D eigenvalue weighted by Crippen LogP contribution is 2.16. The molecule has 86 valence electrons. The average molecular weight is 237 g/mol. The Hall–Kier alpha value is -1.31. The lowest BCUT2D eigenvalue weighted by molar-refractivity contribution is 0.586. The van der Waals surface area contributed by atoms with Crippen LogP contribution in [-0.2, 0) is 10.0 Å². The van der Waals surface area contributed by atoms with Crippen LogP contribution in [0.2, 0.25) is 0 Å². The van der Waals surface area contributed by atoms with Crippen molar-refractivity contribution in [3.63, 3.8) is 0 Å². The van der Waals surface area contributed by atoms with Crippen molar-refractivity contribution in [3.05, 3.63) is 29.8 Å². The monoisotopic (exact) mass is 237 g/mol. The van der Waals surface area contributed by atoms with Crippen LogP contribution in [0.5, 0.6) is 0 Å². The summed E-state index contributed by atoms with van der Waals surface area (Å²) in [6.07, 6.45) is 5.00. The van der Waals surface area contributed by atoms with Gasteiger partial charge < -0.3 is 0 Å². The first-order valence-electron chi connectivity index (χ1n) is 5.00. The molecule has 0 aliphatic rings. The molecule has 1 N–H and O–H groups in total. The van der Waals surface area contributed by atoms with E-state index in [0.717, 1.165) is 5.56 Å². The Morgan fingerprint density at radius 1 is 1.31 bits per heavy atom. The molecule has 0 spiro atoms. The summed E-state index contributed by atoms with van der Waals surface area (Å²) in [7, 11) is -3.46. The molecule has 0 aliphatic carbocycles. The molecule has 1 aromatic carbocycles. The number of sulfonamides is 1. The summed E-state index contributed by atoms with van der Waals surface area (Å²) < 4.78 is 25.6. The van der Waals surface area contributed by atoms with Gasteiger partial charge in [0.05, 0.1) is 11.4 Å². The molecular formula is C12H15NO2S. The minimum absolute atomic E-state index is 0.00820. The quantitative estimate of drug-likeness (QED) is 0.810. The van der Waals surface area contributed by atoms with E-state index in [2.05, 4.69) is 24.5 Å². The van der Waals surface area contributed by atoms with Gasteiger partial charge in [0, 0.05) is 0 Å². The highest BCUT2D eigenvalue weighted by atomic mass is 32.2. The van der Waals surface area contributed by atoms with Gasteiger partial charge in [-0.15, -0.1) is 6.42 Å². The average Bonchev–Trinajstić information content (AvgIpc) is 2.26. The van der Waals surface area contributed by atoms with Crippen LogP contribution in [0.4, 0.5) is 0 Å². The SMILES string of the molecule is C#CCNS(=O)(=O)c1ccc(C(C)C)cc1. The topological polar surface area (TPSA) is 46.2 Å². The number of rotatable bonds is 4. The van der Waals surface area contributed by atoms with Crippen molar-refractivity contribution < 1.29 is 8.42 Å². The highest BCUT2D eigenvalue weighted by molar-refractivity contribution is 7.89. The number of benzene rings is 1. The molecule has 0 aromatic heterocycles. The standard InChI is InChI=1S/C12H15NO2S/c1-4-9-13-16(14,15)12-7-5-11(6-8-12)10(2)3/h1,5-8,10,13H,9H2,2-3H3. The van der Waals surface area contributed by atoms with Crippen molar-refractivity contribution in [2.24, 2.45) is 0 Å². The minimum Gasteiger partial charge on any atom is -0.207 e.